The number of aliphatic carboxylic acids is 1. The molecule has 0 fully saturated rings. The number of carboxylic acid groups (broad SMARTS) is 1. The molecule has 0 aliphatic heterocycles. The van der Waals surface area contributed by atoms with Crippen molar-refractivity contribution >= 4 is 11.9 Å². The molecule has 3 aromatic rings. The lowest BCUT2D eigenvalue weighted by Gasteiger charge is -2.18. The van der Waals surface area contributed by atoms with Gasteiger partial charge in [-0.3, -0.25) is 9.59 Å². The second-order valence-corrected chi connectivity index (χ2v) is 7.21. The van der Waals surface area contributed by atoms with Crippen molar-refractivity contribution < 1.29 is 19.1 Å². The summed E-state index contributed by atoms with van der Waals surface area (Å²) in [6.45, 7) is 3.87. The maximum atomic E-state index is 13.2. The fourth-order valence-electron chi connectivity index (χ4n) is 3.56. The predicted octanol–water partition coefficient (Wildman–Crippen LogP) is 3.46. The Kier molecular flexibility index (Phi) is 6.65. The molecule has 2 aromatic carbocycles. The Hall–Kier alpha value is -3.74. The van der Waals surface area contributed by atoms with E-state index in [9.17, 15) is 23.9 Å². The van der Waals surface area contributed by atoms with E-state index in [1.165, 1.54) is 22.8 Å². The van der Waals surface area contributed by atoms with E-state index in [-0.39, 0.29) is 17.9 Å². The van der Waals surface area contributed by atoms with Crippen LogP contribution in [0.5, 0.6) is 0 Å². The van der Waals surface area contributed by atoms with Crippen molar-refractivity contribution in [3.63, 3.8) is 0 Å². The van der Waals surface area contributed by atoms with Gasteiger partial charge in [0.2, 0.25) is 0 Å². The van der Waals surface area contributed by atoms with Gasteiger partial charge >= 0.3 is 5.97 Å². The number of pyridine rings is 1. The molecule has 1 atom stereocenters. The number of hydrogen-bond donors (Lipinski definition) is 2. The average Bonchev–Trinajstić information content (AvgIpc) is 2.76. The van der Waals surface area contributed by atoms with E-state index >= 15 is 0 Å². The summed E-state index contributed by atoms with van der Waals surface area (Å²) in [5, 5.41) is 12.0. The summed E-state index contributed by atoms with van der Waals surface area (Å²) in [5.74, 6) is -2.37. The largest absolute Gasteiger partial charge is 0.479 e. The number of amides is 1. The van der Waals surface area contributed by atoms with Crippen molar-refractivity contribution in [1.29, 1.82) is 0 Å². The first-order valence-electron chi connectivity index (χ1n) is 9.88. The van der Waals surface area contributed by atoms with Gasteiger partial charge in [0, 0.05) is 5.69 Å². The minimum absolute atomic E-state index is 0.140. The number of nitrogens with one attached hydrogen (secondary N) is 1. The molecule has 1 amide bonds. The number of carbonyl (C=O) groups is 2. The van der Waals surface area contributed by atoms with Crippen LogP contribution < -0.4 is 10.9 Å². The van der Waals surface area contributed by atoms with Crippen molar-refractivity contribution in [3.05, 3.63) is 105 Å². The predicted molar refractivity (Wildman–Crippen MR) is 115 cm³/mol. The van der Waals surface area contributed by atoms with Gasteiger partial charge in [-0.2, -0.15) is 0 Å². The molecule has 0 spiro atoms. The van der Waals surface area contributed by atoms with Crippen LogP contribution in [-0.4, -0.2) is 21.6 Å². The van der Waals surface area contributed by atoms with E-state index in [4.69, 9.17) is 0 Å². The van der Waals surface area contributed by atoms with Crippen LogP contribution in [0.1, 0.15) is 45.7 Å². The van der Waals surface area contributed by atoms with Gasteiger partial charge in [-0.15, -0.1) is 0 Å². The Bertz CT molecular complexity index is 1150. The summed E-state index contributed by atoms with van der Waals surface area (Å²) >= 11 is 0. The minimum Gasteiger partial charge on any atom is -0.479 e. The van der Waals surface area contributed by atoms with Gasteiger partial charge in [-0.25, -0.2) is 9.18 Å². The van der Waals surface area contributed by atoms with Gasteiger partial charge in [0.1, 0.15) is 11.4 Å². The van der Waals surface area contributed by atoms with E-state index < -0.39 is 23.5 Å². The first-order valence-corrected chi connectivity index (χ1v) is 9.88. The summed E-state index contributed by atoms with van der Waals surface area (Å²) < 4.78 is 14.7. The molecule has 0 radical (unpaired) electrons. The number of benzene rings is 2. The Morgan fingerprint density at radius 2 is 1.74 bits per heavy atom. The van der Waals surface area contributed by atoms with Crippen LogP contribution >= 0.6 is 0 Å². The fraction of sp³-hybridized carbons (Fsp3) is 0.208. The highest BCUT2D eigenvalue weighted by molar-refractivity contribution is 5.96. The maximum absolute atomic E-state index is 13.2. The zero-order valence-corrected chi connectivity index (χ0v) is 17.3. The van der Waals surface area contributed by atoms with Crippen molar-refractivity contribution in [2.45, 2.75) is 32.9 Å². The molecule has 6 nitrogen and oxygen atoms in total. The van der Waals surface area contributed by atoms with Crippen molar-refractivity contribution in [1.82, 2.24) is 9.88 Å². The standard InChI is InChI=1S/C24H23FN2O4/c1-3-20-15(2)13-19(23(29)27(20)14-16-9-11-18(25)12-10-16)22(28)26-21(24(30)31)17-7-5-4-6-8-17/h4-13,21H,3,14H2,1-2H3,(H,26,28)(H,30,31)/t21-/m0/s1. The van der Waals surface area contributed by atoms with Crippen molar-refractivity contribution in [3.8, 4) is 0 Å². The number of aryl methyl sites for hydroxylation is 1. The lowest BCUT2D eigenvalue weighted by molar-refractivity contribution is -0.139. The molecule has 2 N–H and O–H groups in total. The quantitative estimate of drug-likeness (QED) is 0.610. The third kappa shape index (κ3) is 4.88. The molecule has 3 rings (SSSR count). The molecule has 31 heavy (non-hydrogen) atoms. The zero-order valence-electron chi connectivity index (χ0n) is 17.3. The van der Waals surface area contributed by atoms with Gasteiger partial charge in [0.25, 0.3) is 11.5 Å². The average molecular weight is 422 g/mol. The van der Waals surface area contributed by atoms with E-state index in [0.717, 1.165) is 11.3 Å². The molecule has 1 aromatic heterocycles. The minimum atomic E-state index is -1.29. The van der Waals surface area contributed by atoms with Crippen LogP contribution in [-0.2, 0) is 17.8 Å². The Balaban J connectivity index is 1.99. The van der Waals surface area contributed by atoms with Crippen molar-refractivity contribution in [2.75, 3.05) is 0 Å². The monoisotopic (exact) mass is 422 g/mol. The highest BCUT2D eigenvalue weighted by Gasteiger charge is 2.25. The first kappa shape index (κ1) is 22.0. The van der Waals surface area contributed by atoms with Gasteiger partial charge in [0.05, 0.1) is 6.54 Å². The van der Waals surface area contributed by atoms with E-state index in [1.807, 2.05) is 6.92 Å². The smallest absolute Gasteiger partial charge is 0.330 e. The van der Waals surface area contributed by atoms with Crippen LogP contribution in [0.2, 0.25) is 0 Å². The third-order valence-corrected chi connectivity index (χ3v) is 5.11. The van der Waals surface area contributed by atoms with Crippen LogP contribution in [0.4, 0.5) is 4.39 Å². The summed E-state index contributed by atoms with van der Waals surface area (Å²) in [7, 11) is 0. The Labute approximate surface area is 179 Å². The number of nitrogens with zero attached hydrogens (tertiary/aromatic N) is 1. The highest BCUT2D eigenvalue weighted by Crippen LogP contribution is 2.16. The summed E-state index contributed by atoms with van der Waals surface area (Å²) in [5.41, 5.74) is 1.94. The van der Waals surface area contributed by atoms with E-state index in [0.29, 0.717) is 17.5 Å². The number of carbonyl (C=O) groups excluding carboxylic acids is 1. The van der Waals surface area contributed by atoms with Crippen LogP contribution in [0.25, 0.3) is 0 Å². The molecule has 0 aliphatic rings. The molecule has 0 saturated carbocycles. The fourth-order valence-corrected chi connectivity index (χ4v) is 3.56. The Morgan fingerprint density at radius 1 is 1.10 bits per heavy atom. The second-order valence-electron chi connectivity index (χ2n) is 7.21. The van der Waals surface area contributed by atoms with Gasteiger partial charge in [-0.05, 0) is 48.2 Å². The molecule has 0 saturated heterocycles. The summed E-state index contributed by atoms with van der Waals surface area (Å²) in [4.78, 5) is 37.8. The summed E-state index contributed by atoms with van der Waals surface area (Å²) in [6, 6.07) is 14.3. The normalized spacial score (nSPS) is 11.7. The molecule has 0 aliphatic carbocycles. The number of aromatic nitrogens is 1. The number of rotatable bonds is 7. The van der Waals surface area contributed by atoms with Crippen LogP contribution in [0.15, 0.2) is 65.5 Å². The molecule has 1 heterocycles. The molecule has 0 bridgehead atoms. The Morgan fingerprint density at radius 3 is 2.32 bits per heavy atom. The lowest BCUT2D eigenvalue weighted by Crippen LogP contribution is -2.39. The SMILES string of the molecule is CCc1c(C)cc(C(=O)N[C@H](C(=O)O)c2ccccc2)c(=O)n1Cc1ccc(F)cc1. The van der Waals surface area contributed by atoms with Gasteiger partial charge in [-0.1, -0.05) is 49.4 Å². The molecule has 160 valence electrons. The van der Waals surface area contributed by atoms with Gasteiger partial charge in [0.15, 0.2) is 6.04 Å². The molecule has 0 unspecified atom stereocenters. The summed E-state index contributed by atoms with van der Waals surface area (Å²) in [6.07, 6.45) is 0.561. The number of halogens is 1. The molecule has 7 heteroatoms. The van der Waals surface area contributed by atoms with Crippen LogP contribution in [0, 0.1) is 12.7 Å². The molecular formula is C24H23FN2O4. The van der Waals surface area contributed by atoms with Crippen molar-refractivity contribution in [2.24, 2.45) is 0 Å². The van der Waals surface area contributed by atoms with Crippen LogP contribution in [0.3, 0.4) is 0 Å². The maximum Gasteiger partial charge on any atom is 0.330 e. The third-order valence-electron chi connectivity index (χ3n) is 5.11. The van der Waals surface area contributed by atoms with E-state index in [2.05, 4.69) is 5.32 Å². The number of hydrogen-bond acceptors (Lipinski definition) is 3. The molecular weight excluding hydrogens is 399 g/mol. The topological polar surface area (TPSA) is 88.4 Å². The zero-order chi connectivity index (χ0) is 22.5. The van der Waals surface area contributed by atoms with E-state index in [1.54, 1.807) is 49.4 Å². The first-order chi connectivity index (χ1) is 14.8. The van der Waals surface area contributed by atoms with Gasteiger partial charge < -0.3 is 15.0 Å². The highest BCUT2D eigenvalue weighted by atomic mass is 19.1. The lowest BCUT2D eigenvalue weighted by atomic mass is 10.0. The number of carboxylic acids is 1. The second kappa shape index (κ2) is 9.38.